The van der Waals surface area contributed by atoms with Crippen LogP contribution in [-0.2, 0) is 10.0 Å². The van der Waals surface area contributed by atoms with Gasteiger partial charge in [-0.15, -0.1) is 12.4 Å². The topological polar surface area (TPSA) is 78.6 Å². The third-order valence-electron chi connectivity index (χ3n) is 2.02. The summed E-state index contributed by atoms with van der Waals surface area (Å²) < 4.78 is 103. The first kappa shape index (κ1) is 21.6. The maximum atomic E-state index is 12.0. The van der Waals surface area contributed by atoms with Crippen LogP contribution in [0.25, 0.3) is 0 Å². The number of hydrogen-bond donors (Lipinski definition) is 1. The lowest BCUT2D eigenvalue weighted by atomic mass is 10.3. The van der Waals surface area contributed by atoms with Crippen LogP contribution >= 0.6 is 12.4 Å². The maximum Gasteiger partial charge on any atom is 0.422 e. The van der Waals surface area contributed by atoms with Gasteiger partial charge in [-0.05, 0) is 12.1 Å². The molecule has 0 bridgehead atoms. The molecule has 0 saturated carbocycles. The fourth-order valence-corrected chi connectivity index (χ4v) is 1.93. The fraction of sp³-hybridized carbons (Fsp3) is 0.400. The summed E-state index contributed by atoms with van der Waals surface area (Å²) >= 11 is 0. The highest BCUT2D eigenvalue weighted by molar-refractivity contribution is 7.89. The van der Waals surface area contributed by atoms with Gasteiger partial charge in [-0.1, -0.05) is 0 Å². The van der Waals surface area contributed by atoms with Crippen LogP contribution in [0.2, 0.25) is 0 Å². The van der Waals surface area contributed by atoms with Gasteiger partial charge in [0, 0.05) is 6.07 Å². The van der Waals surface area contributed by atoms with E-state index in [-0.39, 0.29) is 12.4 Å². The minimum absolute atomic E-state index is 0. The van der Waals surface area contributed by atoms with Gasteiger partial charge in [0.25, 0.3) is 0 Å². The molecule has 23 heavy (non-hydrogen) atoms. The van der Waals surface area contributed by atoms with Gasteiger partial charge in [0.15, 0.2) is 13.2 Å². The average Bonchev–Trinajstić information content (AvgIpc) is 2.31. The third kappa shape index (κ3) is 8.13. The highest BCUT2D eigenvalue weighted by Crippen LogP contribution is 2.30. The number of benzene rings is 1. The minimum Gasteiger partial charge on any atom is -0.484 e. The minimum atomic E-state index is -4.74. The Morgan fingerprint density at radius 3 is 1.87 bits per heavy atom. The summed E-state index contributed by atoms with van der Waals surface area (Å²) in [6.07, 6.45) is -9.41. The van der Waals surface area contributed by atoms with Gasteiger partial charge in [-0.25, -0.2) is 13.6 Å². The summed E-state index contributed by atoms with van der Waals surface area (Å²) in [4.78, 5) is -0.920. The lowest BCUT2D eigenvalue weighted by Crippen LogP contribution is -2.22. The van der Waals surface area contributed by atoms with Crippen molar-refractivity contribution in [3.8, 4) is 11.5 Å². The van der Waals surface area contributed by atoms with Crippen molar-refractivity contribution in [2.45, 2.75) is 17.2 Å². The Bertz CT molecular complexity index is 631. The van der Waals surface area contributed by atoms with Gasteiger partial charge in [0.1, 0.15) is 16.4 Å². The molecule has 134 valence electrons. The predicted octanol–water partition coefficient (Wildman–Crippen LogP) is 2.64. The summed E-state index contributed by atoms with van der Waals surface area (Å²) in [5.41, 5.74) is 0. The third-order valence-corrected chi connectivity index (χ3v) is 2.95. The molecule has 0 aliphatic rings. The molecule has 2 N–H and O–H groups in total. The summed E-state index contributed by atoms with van der Waals surface area (Å²) in [5, 5.41) is 4.78. The zero-order valence-electron chi connectivity index (χ0n) is 10.9. The summed E-state index contributed by atoms with van der Waals surface area (Å²) in [7, 11) is -4.53. The molecule has 0 radical (unpaired) electrons. The molecule has 1 aromatic rings. The van der Waals surface area contributed by atoms with Crippen molar-refractivity contribution >= 4 is 22.4 Å². The van der Waals surface area contributed by atoms with E-state index < -0.39 is 52.0 Å². The Morgan fingerprint density at radius 1 is 0.957 bits per heavy atom. The Morgan fingerprint density at radius 2 is 1.43 bits per heavy atom. The van der Waals surface area contributed by atoms with E-state index in [2.05, 4.69) is 9.47 Å². The van der Waals surface area contributed by atoms with Crippen molar-refractivity contribution in [1.29, 1.82) is 0 Å². The molecule has 0 unspecified atom stereocenters. The molecular formula is C10H10ClF6NO4S. The van der Waals surface area contributed by atoms with E-state index in [1.54, 1.807) is 0 Å². The molecule has 0 fully saturated rings. The predicted molar refractivity (Wildman–Crippen MR) is 68.2 cm³/mol. The lowest BCUT2D eigenvalue weighted by Gasteiger charge is -2.14. The average molecular weight is 390 g/mol. The second kappa shape index (κ2) is 7.45. The van der Waals surface area contributed by atoms with Gasteiger partial charge < -0.3 is 9.47 Å². The molecule has 1 aromatic carbocycles. The van der Waals surface area contributed by atoms with E-state index in [1.807, 2.05) is 0 Å². The van der Waals surface area contributed by atoms with Crippen LogP contribution in [0.5, 0.6) is 11.5 Å². The Kier molecular flexibility index (Phi) is 6.99. The molecule has 0 aromatic heterocycles. The van der Waals surface area contributed by atoms with E-state index in [0.717, 1.165) is 12.1 Å². The largest absolute Gasteiger partial charge is 0.484 e. The van der Waals surface area contributed by atoms with Crippen LogP contribution in [-0.4, -0.2) is 34.0 Å². The molecule has 0 amide bonds. The van der Waals surface area contributed by atoms with Crippen LogP contribution in [0.3, 0.4) is 0 Å². The molecule has 0 spiro atoms. The number of ether oxygens (including phenoxy) is 2. The molecule has 1 rings (SSSR count). The van der Waals surface area contributed by atoms with E-state index in [9.17, 15) is 34.8 Å². The number of halogens is 7. The number of primary sulfonamides is 1. The van der Waals surface area contributed by atoms with Crippen molar-refractivity contribution in [3.05, 3.63) is 18.2 Å². The molecule has 5 nitrogen and oxygen atoms in total. The quantitative estimate of drug-likeness (QED) is 0.785. The molecular weight excluding hydrogens is 380 g/mol. The number of rotatable bonds is 5. The summed E-state index contributed by atoms with van der Waals surface area (Å²) in [5.74, 6) is -1.29. The molecule has 13 heteroatoms. The first-order valence-electron chi connectivity index (χ1n) is 5.34. The van der Waals surface area contributed by atoms with Gasteiger partial charge in [0.05, 0.1) is 0 Å². The van der Waals surface area contributed by atoms with Crippen LogP contribution in [0.1, 0.15) is 0 Å². The van der Waals surface area contributed by atoms with E-state index in [4.69, 9.17) is 5.14 Å². The molecule has 0 aliphatic heterocycles. The number of nitrogens with two attached hydrogens (primary N) is 1. The zero-order valence-corrected chi connectivity index (χ0v) is 12.6. The standard InChI is InChI=1S/C10H9F6NO4S.ClH/c11-9(12,13)4-20-6-1-2-7(21-5-10(14,15)16)8(3-6)22(17,18)19;/h1-3H,4-5H2,(H2,17,18,19);1H. The van der Waals surface area contributed by atoms with Crippen LogP contribution < -0.4 is 14.6 Å². The molecule has 0 heterocycles. The maximum absolute atomic E-state index is 12.0. The lowest BCUT2D eigenvalue weighted by molar-refractivity contribution is -0.154. The second-order valence-corrected chi connectivity index (χ2v) is 5.49. The van der Waals surface area contributed by atoms with E-state index in [0.29, 0.717) is 6.07 Å². The first-order chi connectivity index (χ1) is 9.78. The van der Waals surface area contributed by atoms with Gasteiger partial charge in [0.2, 0.25) is 10.0 Å². The van der Waals surface area contributed by atoms with Crippen LogP contribution in [0.15, 0.2) is 23.1 Å². The second-order valence-electron chi connectivity index (χ2n) is 3.96. The van der Waals surface area contributed by atoms with Gasteiger partial charge in [-0.2, -0.15) is 26.3 Å². The van der Waals surface area contributed by atoms with Gasteiger partial charge in [-0.3, -0.25) is 0 Å². The van der Waals surface area contributed by atoms with Crippen molar-refractivity contribution in [2.75, 3.05) is 13.2 Å². The highest BCUT2D eigenvalue weighted by Gasteiger charge is 2.31. The summed E-state index contributed by atoms with van der Waals surface area (Å²) in [6.45, 7) is -3.50. The molecule has 0 saturated heterocycles. The van der Waals surface area contributed by atoms with Crippen LogP contribution in [0.4, 0.5) is 26.3 Å². The van der Waals surface area contributed by atoms with Crippen molar-refractivity contribution in [2.24, 2.45) is 5.14 Å². The molecule has 0 atom stereocenters. The highest BCUT2D eigenvalue weighted by atomic mass is 35.5. The fourth-order valence-electron chi connectivity index (χ4n) is 1.24. The van der Waals surface area contributed by atoms with Crippen molar-refractivity contribution in [3.63, 3.8) is 0 Å². The van der Waals surface area contributed by atoms with Crippen molar-refractivity contribution < 1.29 is 44.2 Å². The Labute approximate surface area is 132 Å². The smallest absolute Gasteiger partial charge is 0.422 e. The Hall–Kier alpha value is -1.40. The number of hydrogen-bond acceptors (Lipinski definition) is 4. The molecule has 0 aliphatic carbocycles. The normalized spacial score (nSPS) is 12.5. The monoisotopic (exact) mass is 389 g/mol. The van der Waals surface area contributed by atoms with Gasteiger partial charge >= 0.3 is 12.4 Å². The SMILES string of the molecule is Cl.NS(=O)(=O)c1cc(OCC(F)(F)F)ccc1OCC(F)(F)F. The zero-order chi connectivity index (χ0) is 17.2. The van der Waals surface area contributed by atoms with E-state index in [1.165, 1.54) is 0 Å². The Balaban J connectivity index is 0.00000484. The first-order valence-corrected chi connectivity index (χ1v) is 6.88. The number of sulfonamides is 1. The van der Waals surface area contributed by atoms with Crippen LogP contribution in [0, 0.1) is 0 Å². The number of alkyl halides is 6. The summed E-state index contributed by atoms with van der Waals surface area (Å²) in [6, 6.07) is 2.09. The van der Waals surface area contributed by atoms with Crippen molar-refractivity contribution in [1.82, 2.24) is 0 Å². The van der Waals surface area contributed by atoms with E-state index >= 15 is 0 Å².